The minimum atomic E-state index is 0.00852. The van der Waals surface area contributed by atoms with Gasteiger partial charge in [0.1, 0.15) is 0 Å². The molecule has 0 heterocycles. The van der Waals surface area contributed by atoms with Crippen molar-refractivity contribution in [3.8, 4) is 12.3 Å². The lowest BCUT2D eigenvalue weighted by Gasteiger charge is -2.06. The first-order chi connectivity index (χ1) is 6.16. The summed E-state index contributed by atoms with van der Waals surface area (Å²) < 4.78 is 0. The maximum absolute atomic E-state index is 11.0. The van der Waals surface area contributed by atoms with E-state index in [9.17, 15) is 4.79 Å². The van der Waals surface area contributed by atoms with Crippen LogP contribution >= 0.6 is 0 Å². The molecule has 0 fully saturated rings. The van der Waals surface area contributed by atoms with Crippen molar-refractivity contribution >= 4 is 5.91 Å². The summed E-state index contributed by atoms with van der Waals surface area (Å²) >= 11 is 0. The van der Waals surface area contributed by atoms with E-state index in [1.807, 2.05) is 0 Å². The molecule has 74 valence electrons. The topological polar surface area (TPSA) is 41.1 Å². The van der Waals surface area contributed by atoms with Crippen LogP contribution in [0.2, 0.25) is 0 Å². The highest BCUT2D eigenvalue weighted by molar-refractivity contribution is 5.76. The summed E-state index contributed by atoms with van der Waals surface area (Å²) in [5, 5.41) is 5.79. The van der Waals surface area contributed by atoms with Gasteiger partial charge in [-0.3, -0.25) is 4.79 Å². The molecule has 13 heavy (non-hydrogen) atoms. The van der Waals surface area contributed by atoms with E-state index >= 15 is 0 Å². The second-order valence-electron chi connectivity index (χ2n) is 3.33. The molecule has 3 nitrogen and oxygen atoms in total. The lowest BCUT2D eigenvalue weighted by atomic mass is 10.2. The summed E-state index contributed by atoms with van der Waals surface area (Å²) in [7, 11) is 0. The van der Waals surface area contributed by atoms with Crippen LogP contribution in [0, 0.1) is 18.3 Å². The van der Waals surface area contributed by atoms with Crippen LogP contribution in [-0.4, -0.2) is 25.5 Å². The van der Waals surface area contributed by atoms with E-state index < -0.39 is 0 Å². The van der Waals surface area contributed by atoms with Gasteiger partial charge in [-0.15, -0.1) is 6.42 Å². The third-order valence-electron chi connectivity index (χ3n) is 1.47. The van der Waals surface area contributed by atoms with Crippen LogP contribution in [0.4, 0.5) is 0 Å². The number of nitrogens with one attached hydrogen (secondary N) is 2. The van der Waals surface area contributed by atoms with Crippen molar-refractivity contribution in [1.29, 1.82) is 0 Å². The molecule has 0 aliphatic carbocycles. The third kappa shape index (κ3) is 8.90. The molecule has 0 saturated heterocycles. The molecule has 0 radical (unpaired) electrons. The van der Waals surface area contributed by atoms with Crippen molar-refractivity contribution in [1.82, 2.24) is 10.6 Å². The Balaban J connectivity index is 3.23. The number of terminal acetylenes is 1. The van der Waals surface area contributed by atoms with Crippen molar-refractivity contribution in [2.75, 3.05) is 19.6 Å². The van der Waals surface area contributed by atoms with Crippen LogP contribution in [-0.2, 0) is 4.79 Å². The highest BCUT2D eigenvalue weighted by Gasteiger charge is 1.98. The highest BCUT2D eigenvalue weighted by Crippen LogP contribution is 1.87. The first kappa shape index (κ1) is 12.0. The van der Waals surface area contributed by atoms with E-state index in [0.29, 0.717) is 25.4 Å². The van der Waals surface area contributed by atoms with Crippen molar-refractivity contribution in [2.45, 2.75) is 20.3 Å². The molecule has 0 atom stereocenters. The lowest BCUT2D eigenvalue weighted by molar-refractivity contribution is -0.120. The first-order valence-corrected chi connectivity index (χ1v) is 4.57. The van der Waals surface area contributed by atoms with Gasteiger partial charge in [0, 0.05) is 13.0 Å². The largest absolute Gasteiger partial charge is 0.345 e. The fourth-order valence-corrected chi connectivity index (χ4v) is 0.831. The first-order valence-electron chi connectivity index (χ1n) is 4.57. The Labute approximate surface area is 80.3 Å². The quantitative estimate of drug-likeness (QED) is 0.460. The number of hydrogen-bond donors (Lipinski definition) is 2. The fraction of sp³-hybridized carbons (Fsp3) is 0.700. The molecule has 0 aromatic carbocycles. The van der Waals surface area contributed by atoms with Gasteiger partial charge in [0.25, 0.3) is 0 Å². The van der Waals surface area contributed by atoms with E-state index in [1.54, 1.807) is 0 Å². The smallest absolute Gasteiger partial charge is 0.222 e. The molecule has 0 bridgehead atoms. The summed E-state index contributed by atoms with van der Waals surface area (Å²) in [4.78, 5) is 11.0. The number of carbonyl (C=O) groups excluding carboxylic acids is 1. The molecular weight excluding hydrogens is 164 g/mol. The standard InChI is InChI=1S/C10H18N2O/c1-4-6-12-10(13)5-7-11-8-9(2)3/h1,9,11H,5-8H2,2-3H3,(H,12,13). The second kappa shape index (κ2) is 7.63. The van der Waals surface area contributed by atoms with Crippen LogP contribution in [0.3, 0.4) is 0 Å². The Kier molecular flexibility index (Phi) is 7.04. The molecule has 0 aromatic heterocycles. The van der Waals surface area contributed by atoms with Crippen LogP contribution in [0.25, 0.3) is 0 Å². The summed E-state index contributed by atoms with van der Waals surface area (Å²) in [6.45, 7) is 6.25. The Bertz CT molecular complexity index is 182. The van der Waals surface area contributed by atoms with Crippen molar-refractivity contribution < 1.29 is 4.79 Å². The maximum Gasteiger partial charge on any atom is 0.222 e. The van der Waals surface area contributed by atoms with Gasteiger partial charge in [-0.1, -0.05) is 19.8 Å². The molecule has 1 amide bonds. The molecule has 2 N–H and O–H groups in total. The molecule has 0 spiro atoms. The molecule has 0 saturated carbocycles. The summed E-state index contributed by atoms with van der Waals surface area (Å²) in [5.41, 5.74) is 0. The van der Waals surface area contributed by atoms with E-state index in [-0.39, 0.29) is 5.91 Å². The minimum Gasteiger partial charge on any atom is -0.345 e. The predicted molar refractivity (Wildman–Crippen MR) is 54.2 cm³/mol. The van der Waals surface area contributed by atoms with Crippen molar-refractivity contribution in [3.05, 3.63) is 0 Å². The van der Waals surface area contributed by atoms with Crippen LogP contribution in [0.15, 0.2) is 0 Å². The second-order valence-corrected chi connectivity index (χ2v) is 3.33. The number of carbonyl (C=O) groups is 1. The highest BCUT2D eigenvalue weighted by atomic mass is 16.1. The summed E-state index contributed by atoms with van der Waals surface area (Å²) in [5.74, 6) is 2.98. The van der Waals surface area contributed by atoms with E-state index in [4.69, 9.17) is 6.42 Å². The maximum atomic E-state index is 11.0. The Morgan fingerprint density at radius 3 is 2.77 bits per heavy atom. The third-order valence-corrected chi connectivity index (χ3v) is 1.47. The van der Waals surface area contributed by atoms with Crippen molar-refractivity contribution in [2.24, 2.45) is 5.92 Å². The normalized spacial score (nSPS) is 9.69. The van der Waals surface area contributed by atoms with Gasteiger partial charge in [-0.2, -0.15) is 0 Å². The summed E-state index contributed by atoms with van der Waals surface area (Å²) in [6, 6.07) is 0. The Morgan fingerprint density at radius 2 is 2.23 bits per heavy atom. The number of hydrogen-bond acceptors (Lipinski definition) is 2. The van der Waals surface area contributed by atoms with Gasteiger partial charge >= 0.3 is 0 Å². The molecular formula is C10H18N2O. The van der Waals surface area contributed by atoms with Gasteiger partial charge < -0.3 is 10.6 Å². The van der Waals surface area contributed by atoms with Gasteiger partial charge in [0.05, 0.1) is 6.54 Å². The Morgan fingerprint density at radius 1 is 1.54 bits per heavy atom. The van der Waals surface area contributed by atoms with Gasteiger partial charge in [-0.25, -0.2) is 0 Å². The van der Waals surface area contributed by atoms with Gasteiger partial charge in [0.2, 0.25) is 5.91 Å². The van der Waals surface area contributed by atoms with Crippen molar-refractivity contribution in [3.63, 3.8) is 0 Å². The number of amides is 1. The van der Waals surface area contributed by atoms with E-state index in [2.05, 4.69) is 30.4 Å². The monoisotopic (exact) mass is 182 g/mol. The molecule has 0 rings (SSSR count). The number of rotatable bonds is 6. The zero-order valence-corrected chi connectivity index (χ0v) is 8.39. The van der Waals surface area contributed by atoms with E-state index in [0.717, 1.165) is 6.54 Å². The minimum absolute atomic E-state index is 0.00852. The lowest BCUT2D eigenvalue weighted by Crippen LogP contribution is -2.29. The van der Waals surface area contributed by atoms with E-state index in [1.165, 1.54) is 0 Å². The van der Waals surface area contributed by atoms with Gasteiger partial charge in [0.15, 0.2) is 0 Å². The summed E-state index contributed by atoms with van der Waals surface area (Å²) in [6.07, 6.45) is 5.49. The zero-order chi connectivity index (χ0) is 10.1. The predicted octanol–water partition coefficient (Wildman–Crippen LogP) is 0.371. The van der Waals surface area contributed by atoms with Gasteiger partial charge in [-0.05, 0) is 12.5 Å². The molecule has 0 unspecified atom stereocenters. The SMILES string of the molecule is C#CCNC(=O)CCNCC(C)C. The fourth-order valence-electron chi connectivity index (χ4n) is 0.831. The Hall–Kier alpha value is -1.01. The van der Waals surface area contributed by atoms with Crippen LogP contribution < -0.4 is 10.6 Å². The average molecular weight is 182 g/mol. The molecule has 0 aliphatic rings. The van der Waals surface area contributed by atoms with Crippen LogP contribution in [0.5, 0.6) is 0 Å². The molecule has 3 heteroatoms. The van der Waals surface area contributed by atoms with Crippen LogP contribution in [0.1, 0.15) is 20.3 Å². The molecule has 0 aromatic rings. The molecule has 0 aliphatic heterocycles. The average Bonchev–Trinajstić information content (AvgIpc) is 2.08. The zero-order valence-electron chi connectivity index (χ0n) is 8.39.